The summed E-state index contributed by atoms with van der Waals surface area (Å²) in [7, 11) is 0. The van der Waals surface area contributed by atoms with Crippen molar-refractivity contribution in [2.75, 3.05) is 6.79 Å². The number of benzene rings is 2. The molecule has 30 heavy (non-hydrogen) atoms. The van der Waals surface area contributed by atoms with Crippen LogP contribution in [0.2, 0.25) is 5.02 Å². The first kappa shape index (κ1) is 21.1. The highest BCUT2D eigenvalue weighted by Crippen LogP contribution is 2.39. The molecule has 156 valence electrons. The van der Waals surface area contributed by atoms with Gasteiger partial charge in [-0.15, -0.1) is 0 Å². The summed E-state index contributed by atoms with van der Waals surface area (Å²) in [5, 5.41) is 0.0609. The van der Waals surface area contributed by atoms with E-state index in [-0.39, 0.29) is 30.6 Å². The Labute approximate surface area is 191 Å². The average Bonchev–Trinajstić information content (AvgIpc) is 3.23. The zero-order chi connectivity index (χ0) is 21.4. The monoisotopic (exact) mass is 509 g/mol. The van der Waals surface area contributed by atoms with Gasteiger partial charge in [-0.05, 0) is 76.9 Å². The molecule has 0 atom stereocenters. The lowest BCUT2D eigenvalue weighted by atomic mass is 10.1. The van der Waals surface area contributed by atoms with Crippen molar-refractivity contribution in [3.63, 3.8) is 0 Å². The third kappa shape index (κ3) is 4.31. The van der Waals surface area contributed by atoms with E-state index in [1.807, 2.05) is 32.0 Å². The predicted molar refractivity (Wildman–Crippen MR) is 119 cm³/mol. The Hall–Kier alpha value is -2.16. The van der Waals surface area contributed by atoms with Crippen LogP contribution in [0.1, 0.15) is 25.0 Å². The second-order valence-corrected chi connectivity index (χ2v) is 9.18. The van der Waals surface area contributed by atoms with Crippen LogP contribution in [0.3, 0.4) is 0 Å². The second-order valence-electron chi connectivity index (χ2n) is 6.92. The molecule has 0 N–H and O–H groups in total. The molecule has 0 aromatic heterocycles. The highest BCUT2D eigenvalue weighted by Gasteiger charge is 2.35. The van der Waals surface area contributed by atoms with Gasteiger partial charge in [-0.1, -0.05) is 17.7 Å². The van der Waals surface area contributed by atoms with Crippen LogP contribution in [0.5, 0.6) is 17.2 Å². The molecule has 4 rings (SSSR count). The van der Waals surface area contributed by atoms with Crippen LogP contribution < -0.4 is 14.2 Å². The van der Waals surface area contributed by atoms with E-state index < -0.39 is 0 Å². The Morgan fingerprint density at radius 1 is 1.23 bits per heavy atom. The van der Waals surface area contributed by atoms with E-state index in [0.717, 1.165) is 21.8 Å². The van der Waals surface area contributed by atoms with E-state index >= 15 is 0 Å². The lowest BCUT2D eigenvalue weighted by molar-refractivity contribution is -0.123. The first-order valence-corrected chi connectivity index (χ1v) is 11.1. The number of hydrogen-bond donors (Lipinski definition) is 0. The lowest BCUT2D eigenvalue weighted by Crippen LogP contribution is -2.27. The van der Waals surface area contributed by atoms with E-state index in [1.165, 1.54) is 4.90 Å². The maximum absolute atomic E-state index is 12.8. The number of fused-ring (bicyclic) bond motifs is 1. The fourth-order valence-corrected chi connectivity index (χ4v) is 4.54. The summed E-state index contributed by atoms with van der Waals surface area (Å²) >= 11 is 10.7. The summed E-state index contributed by atoms with van der Waals surface area (Å²) in [6, 6.07) is 8.84. The minimum Gasteiger partial charge on any atom is -0.490 e. The van der Waals surface area contributed by atoms with Crippen LogP contribution in [0.4, 0.5) is 4.79 Å². The highest BCUT2D eigenvalue weighted by atomic mass is 79.9. The zero-order valence-electron chi connectivity index (χ0n) is 16.1. The maximum atomic E-state index is 12.8. The molecular formula is C21H17BrClNO5S. The van der Waals surface area contributed by atoms with Crippen molar-refractivity contribution in [1.82, 2.24) is 4.90 Å². The Balaban J connectivity index is 1.54. The van der Waals surface area contributed by atoms with Crippen molar-refractivity contribution in [2.45, 2.75) is 26.5 Å². The molecular weight excluding hydrogens is 494 g/mol. The number of carbonyl (C=O) groups is 2. The molecule has 0 saturated carbocycles. The van der Waals surface area contributed by atoms with Crippen LogP contribution in [-0.2, 0) is 11.3 Å². The zero-order valence-corrected chi connectivity index (χ0v) is 19.3. The summed E-state index contributed by atoms with van der Waals surface area (Å²) in [4.78, 5) is 26.8. The van der Waals surface area contributed by atoms with Gasteiger partial charge in [0.2, 0.25) is 6.79 Å². The van der Waals surface area contributed by atoms with Crippen LogP contribution in [0.25, 0.3) is 6.08 Å². The number of amides is 2. The molecule has 6 nitrogen and oxygen atoms in total. The van der Waals surface area contributed by atoms with Gasteiger partial charge in [0.25, 0.3) is 11.1 Å². The molecule has 2 aromatic carbocycles. The first-order valence-electron chi connectivity index (χ1n) is 9.11. The van der Waals surface area contributed by atoms with Crippen LogP contribution in [-0.4, -0.2) is 28.9 Å². The number of thioether (sulfide) groups is 1. The Kier molecular flexibility index (Phi) is 5.99. The number of ether oxygens (including phenoxy) is 3. The van der Waals surface area contributed by atoms with Crippen molar-refractivity contribution >= 4 is 56.5 Å². The largest absolute Gasteiger partial charge is 0.490 e. The maximum Gasteiger partial charge on any atom is 0.293 e. The van der Waals surface area contributed by atoms with Gasteiger partial charge in [0.05, 0.1) is 22.0 Å². The van der Waals surface area contributed by atoms with Gasteiger partial charge in [0, 0.05) is 11.1 Å². The van der Waals surface area contributed by atoms with Gasteiger partial charge in [0.15, 0.2) is 11.5 Å². The molecule has 9 heteroatoms. The number of imide groups is 1. The van der Waals surface area contributed by atoms with Crippen molar-refractivity contribution in [1.29, 1.82) is 0 Å². The van der Waals surface area contributed by atoms with Crippen molar-refractivity contribution < 1.29 is 23.8 Å². The summed E-state index contributed by atoms with van der Waals surface area (Å²) in [6.07, 6.45) is 1.74. The van der Waals surface area contributed by atoms with Crippen molar-refractivity contribution in [2.24, 2.45) is 0 Å². The average molecular weight is 511 g/mol. The molecule has 2 aliphatic heterocycles. The van der Waals surface area contributed by atoms with Crippen molar-refractivity contribution in [3.8, 4) is 17.2 Å². The number of hydrogen-bond acceptors (Lipinski definition) is 6. The predicted octanol–water partition coefficient (Wildman–Crippen LogP) is 5.85. The Morgan fingerprint density at radius 2 is 1.97 bits per heavy atom. The van der Waals surface area contributed by atoms with E-state index in [2.05, 4.69) is 15.9 Å². The molecule has 2 aliphatic rings. The van der Waals surface area contributed by atoms with Crippen LogP contribution >= 0.6 is 39.3 Å². The SMILES string of the molecule is CC(C)Oc1ccc(/C=C2\SC(=O)N(Cc3cc4c(cc3Cl)OCO4)C2=O)cc1Br. The fraction of sp³-hybridized carbons (Fsp3) is 0.238. The third-order valence-electron chi connectivity index (χ3n) is 4.36. The summed E-state index contributed by atoms with van der Waals surface area (Å²) in [5.74, 6) is 1.45. The number of carbonyl (C=O) groups excluding carboxylic acids is 2. The minimum atomic E-state index is -0.364. The third-order valence-corrected chi connectivity index (χ3v) is 6.24. The molecule has 2 amide bonds. The molecule has 1 fully saturated rings. The van der Waals surface area contributed by atoms with E-state index in [9.17, 15) is 9.59 Å². The smallest absolute Gasteiger partial charge is 0.293 e. The molecule has 0 bridgehead atoms. The van der Waals surface area contributed by atoms with Crippen LogP contribution in [0, 0.1) is 0 Å². The van der Waals surface area contributed by atoms with Gasteiger partial charge < -0.3 is 14.2 Å². The van der Waals surface area contributed by atoms with Gasteiger partial charge >= 0.3 is 0 Å². The summed E-state index contributed by atoms with van der Waals surface area (Å²) < 4.78 is 17.1. The summed E-state index contributed by atoms with van der Waals surface area (Å²) in [6.45, 7) is 4.07. The molecule has 2 heterocycles. The minimum absolute atomic E-state index is 0.0478. The first-order chi connectivity index (χ1) is 14.3. The van der Waals surface area contributed by atoms with Gasteiger partial charge in [-0.2, -0.15) is 0 Å². The molecule has 0 unspecified atom stereocenters. The summed E-state index contributed by atoms with van der Waals surface area (Å²) in [5.41, 5.74) is 1.40. The van der Waals surface area contributed by atoms with E-state index in [4.69, 9.17) is 25.8 Å². The standard InChI is InChI=1S/C21H17BrClNO5S/c1-11(2)29-16-4-3-12(5-14(16)22)6-19-20(25)24(21(26)30-19)9-13-7-17-18(8-15(13)23)28-10-27-17/h3-8,11H,9-10H2,1-2H3/b19-6-. The number of nitrogens with zero attached hydrogens (tertiary/aromatic N) is 1. The molecule has 1 saturated heterocycles. The Bertz CT molecular complexity index is 1070. The topological polar surface area (TPSA) is 65.1 Å². The second kappa shape index (κ2) is 8.53. The fourth-order valence-electron chi connectivity index (χ4n) is 2.99. The normalized spacial score (nSPS) is 16.8. The number of rotatable bonds is 5. The van der Waals surface area contributed by atoms with E-state index in [1.54, 1.807) is 18.2 Å². The van der Waals surface area contributed by atoms with Gasteiger partial charge in [0.1, 0.15) is 5.75 Å². The van der Waals surface area contributed by atoms with Gasteiger partial charge in [-0.3, -0.25) is 14.5 Å². The van der Waals surface area contributed by atoms with Gasteiger partial charge in [-0.25, -0.2) is 0 Å². The highest BCUT2D eigenvalue weighted by molar-refractivity contribution is 9.10. The molecule has 0 aliphatic carbocycles. The number of halogens is 2. The Morgan fingerprint density at radius 3 is 2.67 bits per heavy atom. The quantitative estimate of drug-likeness (QED) is 0.470. The lowest BCUT2D eigenvalue weighted by Gasteiger charge is -2.14. The molecule has 0 spiro atoms. The molecule has 0 radical (unpaired) electrons. The van der Waals surface area contributed by atoms with Crippen molar-refractivity contribution in [3.05, 3.63) is 55.9 Å². The van der Waals surface area contributed by atoms with Crippen LogP contribution in [0.15, 0.2) is 39.7 Å². The molecule has 2 aromatic rings. The van der Waals surface area contributed by atoms with E-state index in [0.29, 0.717) is 32.7 Å².